The van der Waals surface area contributed by atoms with Crippen LogP contribution in [0.3, 0.4) is 0 Å². The maximum absolute atomic E-state index is 12.8. The lowest BCUT2D eigenvalue weighted by Gasteiger charge is -2.68. The molecule has 5 unspecified atom stereocenters. The van der Waals surface area contributed by atoms with Gasteiger partial charge in [-0.25, -0.2) is 0 Å². The first-order valence-corrected chi connectivity index (χ1v) is 14.5. The third kappa shape index (κ3) is 3.11. The number of rotatable bonds is 2. The smallest absolute Gasteiger partial charge is 0.313 e. The minimum absolute atomic E-state index is 0.0255. The minimum Gasteiger partial charge on any atom is -0.481 e. The average molecular weight is 497 g/mol. The van der Waals surface area contributed by atoms with Crippen LogP contribution in [0.4, 0.5) is 0 Å². The van der Waals surface area contributed by atoms with E-state index in [0.717, 1.165) is 25.2 Å². The maximum atomic E-state index is 12.8. The van der Waals surface area contributed by atoms with E-state index < -0.39 is 17.5 Å². The van der Waals surface area contributed by atoms with Gasteiger partial charge in [-0.15, -0.1) is 0 Å². The molecule has 4 fully saturated rings. The SMILES string of the molecule is CC(=O)O[C@@H]1CCC2(C)C3=CC=C4[C@@H]5[C@@H](C)[C@H](C)CCC5(C)CCC4(C)C3(C)CC[C@@H]2C1(C)C(=O)O. The third-order valence-electron chi connectivity index (χ3n) is 13.2. The van der Waals surface area contributed by atoms with E-state index in [2.05, 4.69) is 53.7 Å². The topological polar surface area (TPSA) is 63.6 Å². The quantitative estimate of drug-likeness (QED) is 0.400. The predicted octanol–water partition coefficient (Wildman–Crippen LogP) is 7.58. The number of carboxylic acid groups (broad SMARTS) is 1. The van der Waals surface area contributed by atoms with Gasteiger partial charge in [0.15, 0.2) is 0 Å². The van der Waals surface area contributed by atoms with Gasteiger partial charge < -0.3 is 9.84 Å². The molecular formula is C32H48O4. The molecule has 200 valence electrons. The molecule has 1 N–H and O–H groups in total. The van der Waals surface area contributed by atoms with Crippen LogP contribution in [0.25, 0.3) is 0 Å². The summed E-state index contributed by atoms with van der Waals surface area (Å²) in [5, 5.41) is 10.5. The van der Waals surface area contributed by atoms with Crippen LogP contribution in [-0.2, 0) is 14.3 Å². The van der Waals surface area contributed by atoms with Crippen LogP contribution in [0, 0.1) is 50.7 Å². The molecule has 4 nitrogen and oxygen atoms in total. The van der Waals surface area contributed by atoms with Crippen LogP contribution in [-0.4, -0.2) is 23.1 Å². The lowest BCUT2D eigenvalue weighted by atomic mass is 9.35. The molecule has 0 saturated heterocycles. The highest BCUT2D eigenvalue weighted by Gasteiger charge is 2.68. The molecule has 0 heterocycles. The van der Waals surface area contributed by atoms with Crippen LogP contribution in [0.5, 0.6) is 0 Å². The van der Waals surface area contributed by atoms with E-state index in [-0.39, 0.29) is 28.1 Å². The van der Waals surface area contributed by atoms with Gasteiger partial charge in [0, 0.05) is 6.92 Å². The molecular weight excluding hydrogens is 448 g/mol. The van der Waals surface area contributed by atoms with Crippen LogP contribution >= 0.6 is 0 Å². The largest absolute Gasteiger partial charge is 0.481 e. The Hall–Kier alpha value is -1.58. The number of ether oxygens (including phenoxy) is 1. The molecule has 0 aromatic heterocycles. The summed E-state index contributed by atoms with van der Waals surface area (Å²) in [6.07, 6.45) is 12.9. The fraction of sp³-hybridized carbons (Fsp3) is 0.812. The van der Waals surface area contributed by atoms with Crippen molar-refractivity contribution in [3.63, 3.8) is 0 Å². The molecule has 10 atom stereocenters. The zero-order chi connectivity index (χ0) is 26.5. The highest BCUT2D eigenvalue weighted by molar-refractivity contribution is 5.77. The minimum atomic E-state index is -1.08. The first-order valence-electron chi connectivity index (χ1n) is 14.5. The summed E-state index contributed by atoms with van der Waals surface area (Å²) in [7, 11) is 0. The van der Waals surface area contributed by atoms with Gasteiger partial charge in [-0.2, -0.15) is 0 Å². The molecule has 0 spiro atoms. The van der Waals surface area contributed by atoms with Gasteiger partial charge in [0.2, 0.25) is 0 Å². The van der Waals surface area contributed by atoms with Crippen molar-refractivity contribution in [3.05, 3.63) is 23.3 Å². The highest BCUT2D eigenvalue weighted by atomic mass is 16.5. The predicted molar refractivity (Wildman–Crippen MR) is 142 cm³/mol. The van der Waals surface area contributed by atoms with E-state index in [1.165, 1.54) is 38.2 Å². The Labute approximate surface area is 218 Å². The number of carbonyl (C=O) groups is 2. The first-order chi connectivity index (χ1) is 16.6. The molecule has 0 aliphatic heterocycles. The molecule has 0 amide bonds. The number of aliphatic carboxylic acids is 1. The molecule has 5 rings (SSSR count). The Kier molecular flexibility index (Phi) is 5.76. The summed E-state index contributed by atoms with van der Waals surface area (Å²) in [5.74, 6) is 0.811. The lowest BCUT2D eigenvalue weighted by Crippen LogP contribution is -2.63. The monoisotopic (exact) mass is 496 g/mol. The number of carboxylic acids is 1. The van der Waals surface area contributed by atoms with Crippen molar-refractivity contribution in [2.45, 2.75) is 113 Å². The second kappa shape index (κ2) is 7.96. The van der Waals surface area contributed by atoms with Gasteiger partial charge in [0.25, 0.3) is 0 Å². The van der Waals surface area contributed by atoms with Gasteiger partial charge >= 0.3 is 11.9 Å². The van der Waals surface area contributed by atoms with Gasteiger partial charge in [0.1, 0.15) is 11.5 Å². The molecule has 5 aliphatic carbocycles. The summed E-state index contributed by atoms with van der Waals surface area (Å²) in [4.78, 5) is 24.7. The summed E-state index contributed by atoms with van der Waals surface area (Å²) in [6, 6.07) is 0. The third-order valence-corrected chi connectivity index (χ3v) is 13.2. The van der Waals surface area contributed by atoms with Crippen LogP contribution < -0.4 is 0 Å². The van der Waals surface area contributed by atoms with Gasteiger partial charge in [0.05, 0.1) is 0 Å². The van der Waals surface area contributed by atoms with Crippen LogP contribution in [0.1, 0.15) is 107 Å². The van der Waals surface area contributed by atoms with E-state index in [9.17, 15) is 14.7 Å². The standard InChI is InChI=1S/C32H48O4/c1-19-11-14-28(4)17-18-30(6)22(26(28)20(19)2)9-10-23-29(5)15-13-25(36-21(3)33)32(8,27(34)35)24(29)12-16-31(23,30)7/h9-10,19-20,24-26H,11-18H2,1-8H3,(H,34,35)/t19-,20+,24+,25-,26+,28?,29?,30?,31?,32?/m1/s1. The molecule has 0 radical (unpaired) electrons. The summed E-state index contributed by atoms with van der Waals surface area (Å²) in [6.45, 7) is 18.1. The lowest BCUT2D eigenvalue weighted by molar-refractivity contribution is -0.192. The number of fused-ring (bicyclic) bond motifs is 7. The summed E-state index contributed by atoms with van der Waals surface area (Å²) in [5.41, 5.74) is 2.37. The summed E-state index contributed by atoms with van der Waals surface area (Å²) >= 11 is 0. The zero-order valence-corrected chi connectivity index (χ0v) is 23.9. The Balaban J connectivity index is 1.62. The second-order valence-corrected chi connectivity index (χ2v) is 14.6. The zero-order valence-electron chi connectivity index (χ0n) is 23.9. The Morgan fingerprint density at radius 2 is 1.58 bits per heavy atom. The van der Waals surface area contributed by atoms with E-state index in [1.54, 1.807) is 5.57 Å². The Bertz CT molecular complexity index is 1040. The van der Waals surface area contributed by atoms with Crippen molar-refractivity contribution in [1.29, 1.82) is 0 Å². The van der Waals surface area contributed by atoms with Crippen molar-refractivity contribution >= 4 is 11.9 Å². The second-order valence-electron chi connectivity index (χ2n) is 14.6. The molecule has 5 aliphatic rings. The van der Waals surface area contributed by atoms with Gasteiger partial charge in [-0.05, 0) is 104 Å². The van der Waals surface area contributed by atoms with Crippen molar-refractivity contribution in [3.8, 4) is 0 Å². The molecule has 36 heavy (non-hydrogen) atoms. The van der Waals surface area contributed by atoms with Crippen LogP contribution in [0.15, 0.2) is 23.3 Å². The van der Waals surface area contributed by atoms with Crippen LogP contribution in [0.2, 0.25) is 0 Å². The van der Waals surface area contributed by atoms with Crippen molar-refractivity contribution in [2.75, 3.05) is 0 Å². The van der Waals surface area contributed by atoms with E-state index in [1.807, 2.05) is 6.92 Å². The van der Waals surface area contributed by atoms with Crippen molar-refractivity contribution in [2.24, 2.45) is 50.7 Å². The molecule has 0 aromatic carbocycles. The molecule has 4 heteroatoms. The number of hydrogen-bond donors (Lipinski definition) is 1. The number of allylic oxidation sites excluding steroid dienone is 4. The molecule has 0 aromatic rings. The van der Waals surface area contributed by atoms with Gasteiger partial charge in [-0.3, -0.25) is 9.59 Å². The van der Waals surface area contributed by atoms with Crippen molar-refractivity contribution in [1.82, 2.24) is 0 Å². The average Bonchev–Trinajstić information content (AvgIpc) is 2.79. The number of carbonyl (C=O) groups excluding carboxylic acids is 1. The fourth-order valence-electron chi connectivity index (χ4n) is 10.5. The van der Waals surface area contributed by atoms with Crippen molar-refractivity contribution < 1.29 is 19.4 Å². The number of esters is 1. The maximum Gasteiger partial charge on any atom is 0.313 e. The van der Waals surface area contributed by atoms with E-state index in [0.29, 0.717) is 23.7 Å². The summed E-state index contributed by atoms with van der Waals surface area (Å²) < 4.78 is 5.67. The van der Waals surface area contributed by atoms with Gasteiger partial charge in [-0.1, -0.05) is 64.8 Å². The normalized spacial score (nSPS) is 51.9. The first kappa shape index (κ1) is 26.0. The molecule has 0 bridgehead atoms. The van der Waals surface area contributed by atoms with E-state index in [4.69, 9.17) is 4.74 Å². The molecule has 4 saturated carbocycles. The Morgan fingerprint density at radius 1 is 0.889 bits per heavy atom. The van der Waals surface area contributed by atoms with E-state index >= 15 is 0 Å². The highest BCUT2D eigenvalue weighted by Crippen LogP contribution is 2.74. The number of hydrogen-bond acceptors (Lipinski definition) is 3. The Morgan fingerprint density at radius 3 is 2.22 bits per heavy atom. The fourth-order valence-corrected chi connectivity index (χ4v) is 10.5.